The smallest absolute Gasteiger partial charge is 0.268 e. The Balaban J connectivity index is 1.27. The summed E-state index contributed by atoms with van der Waals surface area (Å²) in [5.74, 6) is 6.98. The van der Waals surface area contributed by atoms with E-state index in [9.17, 15) is 14.4 Å². The summed E-state index contributed by atoms with van der Waals surface area (Å²) >= 11 is 0. The maximum Gasteiger partial charge on any atom is 0.268 e. The Bertz CT molecular complexity index is 1600. The van der Waals surface area contributed by atoms with Gasteiger partial charge >= 0.3 is 0 Å². The minimum absolute atomic E-state index is 0.0684. The van der Waals surface area contributed by atoms with Crippen LogP contribution in [0.5, 0.6) is 0 Å². The molecule has 0 spiro atoms. The molecule has 3 atom stereocenters. The lowest BCUT2D eigenvalue weighted by Gasteiger charge is -2.33. The highest BCUT2D eigenvalue weighted by Crippen LogP contribution is 2.36. The number of amides is 3. The number of hydrogen-bond donors (Lipinski definition) is 2. The summed E-state index contributed by atoms with van der Waals surface area (Å²) in [7, 11) is -0.567. The standard InChI is InChI=1S/C32H34N5O3P/c1-21-16-18-37(29(39)20-41(3)4)30(21)31-34-26-15-12-24(19-27(26)35-31)9-8-23-10-13-25(14-11-23)33-32(40)28-7-5-6-17-36(28)22(2)38/h10-15,19,28,30H,1,3,5-7,16-18,20H2,2,4H3,(H-,33,34,35,40)/p+1. The lowest BCUT2D eigenvalue weighted by Crippen LogP contribution is -2.49. The molecule has 3 aromatic rings. The van der Waals surface area contributed by atoms with Crippen LogP contribution in [-0.4, -0.2) is 75.7 Å². The van der Waals surface area contributed by atoms with Crippen molar-refractivity contribution in [3.63, 3.8) is 0 Å². The molecule has 0 bridgehead atoms. The molecule has 2 fully saturated rings. The largest absolute Gasteiger partial charge is 0.340 e. The zero-order chi connectivity index (χ0) is 29.1. The maximum absolute atomic E-state index is 12.8. The van der Waals surface area contributed by atoms with Crippen molar-refractivity contribution in [3.05, 3.63) is 71.6 Å². The van der Waals surface area contributed by atoms with Crippen LogP contribution in [0, 0.1) is 11.8 Å². The highest BCUT2D eigenvalue weighted by atomic mass is 31.1. The number of nitrogens with zero attached hydrogens (tertiary/aromatic N) is 3. The third-order valence-electron chi connectivity index (χ3n) is 7.57. The first kappa shape index (κ1) is 28.3. The van der Waals surface area contributed by atoms with Crippen LogP contribution in [-0.2, 0) is 14.4 Å². The average Bonchev–Trinajstić information content (AvgIpc) is 3.54. The molecule has 5 rings (SSSR count). The van der Waals surface area contributed by atoms with Gasteiger partial charge in [0.05, 0.1) is 31.5 Å². The molecular formula is C32H35N5O3P+. The lowest BCUT2D eigenvalue weighted by molar-refractivity contribution is -0.138. The molecular weight excluding hydrogens is 533 g/mol. The zero-order valence-electron chi connectivity index (χ0n) is 23.6. The maximum atomic E-state index is 12.8. The van der Waals surface area contributed by atoms with E-state index in [1.807, 2.05) is 54.0 Å². The van der Waals surface area contributed by atoms with Crippen molar-refractivity contribution >= 4 is 48.3 Å². The molecule has 2 aliphatic heterocycles. The molecule has 9 heteroatoms. The molecule has 3 unspecified atom stereocenters. The third kappa shape index (κ3) is 6.42. The Morgan fingerprint density at radius 1 is 1.07 bits per heavy atom. The molecule has 41 heavy (non-hydrogen) atoms. The van der Waals surface area contributed by atoms with Crippen LogP contribution in [0.2, 0.25) is 0 Å². The number of anilines is 1. The average molecular weight is 569 g/mol. The van der Waals surface area contributed by atoms with Gasteiger partial charge in [-0.2, -0.15) is 0 Å². The van der Waals surface area contributed by atoms with Crippen LogP contribution in [0.1, 0.15) is 55.6 Å². The number of H-pyrrole nitrogens is 1. The van der Waals surface area contributed by atoms with E-state index in [1.54, 1.807) is 4.90 Å². The van der Waals surface area contributed by atoms with Gasteiger partial charge in [-0.25, -0.2) is 4.98 Å². The number of carbonyl (C=O) groups is 3. The SMILES string of the molecule is C=C1CCN(C(=O)C[P+](=C)C)C1c1nc2ccc(C#Cc3ccc(NC(=O)C4CCCCN4C(C)=O)cc3)cc2[nH]1. The second-order valence-corrected chi connectivity index (χ2v) is 12.8. The molecule has 8 nitrogen and oxygen atoms in total. The van der Waals surface area contributed by atoms with Crippen LogP contribution < -0.4 is 5.32 Å². The van der Waals surface area contributed by atoms with Gasteiger partial charge in [0.2, 0.25) is 11.8 Å². The van der Waals surface area contributed by atoms with E-state index in [4.69, 9.17) is 4.98 Å². The fourth-order valence-electron chi connectivity index (χ4n) is 5.51. The highest BCUT2D eigenvalue weighted by molar-refractivity contribution is 7.55. The van der Waals surface area contributed by atoms with Crippen LogP contribution in [0.15, 0.2) is 54.6 Å². The van der Waals surface area contributed by atoms with E-state index in [0.717, 1.165) is 52.8 Å². The van der Waals surface area contributed by atoms with Gasteiger partial charge in [-0.15, -0.1) is 0 Å². The van der Waals surface area contributed by atoms with E-state index >= 15 is 0 Å². The van der Waals surface area contributed by atoms with Crippen molar-refractivity contribution in [3.8, 4) is 11.8 Å². The summed E-state index contributed by atoms with van der Waals surface area (Å²) in [6.45, 7) is 9.00. The summed E-state index contributed by atoms with van der Waals surface area (Å²) in [4.78, 5) is 49.3. The minimum Gasteiger partial charge on any atom is -0.340 e. The lowest BCUT2D eigenvalue weighted by atomic mass is 10.0. The van der Waals surface area contributed by atoms with E-state index < -0.39 is 13.6 Å². The Kier molecular flexibility index (Phi) is 8.37. The second kappa shape index (κ2) is 12.1. The first-order valence-electron chi connectivity index (χ1n) is 13.9. The van der Waals surface area contributed by atoms with Crippen LogP contribution in [0.4, 0.5) is 5.69 Å². The van der Waals surface area contributed by atoms with Crippen molar-refractivity contribution < 1.29 is 14.4 Å². The van der Waals surface area contributed by atoms with Gasteiger partial charge in [-0.05, 0) is 73.7 Å². The Morgan fingerprint density at radius 3 is 2.54 bits per heavy atom. The third-order valence-corrected chi connectivity index (χ3v) is 8.38. The molecule has 0 aliphatic carbocycles. The normalized spacial score (nSPS) is 19.1. The molecule has 2 N–H and O–H groups in total. The van der Waals surface area contributed by atoms with Crippen LogP contribution in [0.25, 0.3) is 11.0 Å². The van der Waals surface area contributed by atoms with Crippen molar-refractivity contribution in [2.45, 2.75) is 44.7 Å². The number of rotatable bonds is 5. The molecule has 2 saturated heterocycles. The monoisotopic (exact) mass is 568 g/mol. The van der Waals surface area contributed by atoms with E-state index in [1.165, 1.54) is 6.92 Å². The summed E-state index contributed by atoms with van der Waals surface area (Å²) in [5, 5.41) is 2.94. The quantitative estimate of drug-likeness (QED) is 0.265. The zero-order valence-corrected chi connectivity index (χ0v) is 24.5. The number of aromatic nitrogens is 2. The minimum atomic E-state index is -0.567. The van der Waals surface area contributed by atoms with Gasteiger partial charge in [0.1, 0.15) is 17.9 Å². The Labute approximate surface area is 241 Å². The number of carbonyl (C=O) groups excluding carboxylic acids is 3. The van der Waals surface area contributed by atoms with Gasteiger partial charge in [0, 0.05) is 36.8 Å². The number of aromatic amines is 1. The molecule has 2 aromatic carbocycles. The van der Waals surface area contributed by atoms with Gasteiger partial charge in [-0.3, -0.25) is 14.4 Å². The number of nitrogens with one attached hydrogen (secondary N) is 2. The van der Waals surface area contributed by atoms with Crippen molar-refractivity contribution in [2.75, 3.05) is 31.2 Å². The second-order valence-electron chi connectivity index (χ2n) is 10.8. The van der Waals surface area contributed by atoms with Crippen molar-refractivity contribution in [1.29, 1.82) is 0 Å². The number of imidazole rings is 1. The van der Waals surface area contributed by atoms with Gasteiger partial charge < -0.3 is 20.1 Å². The fourth-order valence-corrected chi connectivity index (χ4v) is 6.15. The van der Waals surface area contributed by atoms with Gasteiger partial charge in [0.15, 0.2) is 6.16 Å². The van der Waals surface area contributed by atoms with Crippen LogP contribution >= 0.6 is 7.55 Å². The number of piperidine rings is 1. The number of likely N-dealkylation sites (tertiary alicyclic amines) is 2. The summed E-state index contributed by atoms with van der Waals surface area (Å²) < 4.78 is 0. The van der Waals surface area contributed by atoms with E-state index in [-0.39, 0.29) is 23.8 Å². The summed E-state index contributed by atoms with van der Waals surface area (Å²) in [6.07, 6.45) is 7.80. The fraction of sp³-hybridized carbons (Fsp3) is 0.344. The molecule has 2 aliphatic rings. The van der Waals surface area contributed by atoms with Crippen molar-refractivity contribution in [1.82, 2.24) is 19.8 Å². The van der Waals surface area contributed by atoms with E-state index in [2.05, 4.69) is 35.0 Å². The van der Waals surface area contributed by atoms with Crippen molar-refractivity contribution in [2.24, 2.45) is 0 Å². The number of fused-ring (bicyclic) bond motifs is 1. The summed E-state index contributed by atoms with van der Waals surface area (Å²) in [5.41, 5.74) is 4.97. The molecule has 0 radical (unpaired) electrons. The molecule has 3 amide bonds. The van der Waals surface area contributed by atoms with Gasteiger partial charge in [-0.1, -0.05) is 18.4 Å². The van der Waals surface area contributed by atoms with E-state index in [0.29, 0.717) is 31.4 Å². The predicted octanol–water partition coefficient (Wildman–Crippen LogP) is 4.68. The highest BCUT2D eigenvalue weighted by Gasteiger charge is 2.36. The molecule has 0 saturated carbocycles. The summed E-state index contributed by atoms with van der Waals surface area (Å²) in [6, 6.07) is 12.5. The number of hydrogen-bond acceptors (Lipinski definition) is 4. The van der Waals surface area contributed by atoms with Gasteiger partial charge in [0.25, 0.3) is 5.91 Å². The molecule has 1 aromatic heterocycles. The first-order valence-corrected chi connectivity index (χ1v) is 16.0. The topological polar surface area (TPSA) is 98.4 Å². The first-order chi connectivity index (χ1) is 19.7. The Morgan fingerprint density at radius 2 is 1.80 bits per heavy atom. The Hall–Kier alpha value is -4.21. The number of benzene rings is 2. The molecule has 210 valence electrons. The predicted molar refractivity (Wildman–Crippen MR) is 165 cm³/mol. The van der Waals surface area contributed by atoms with Crippen LogP contribution in [0.3, 0.4) is 0 Å². The molecule has 3 heterocycles.